The number of amides is 1. The van der Waals surface area contributed by atoms with Crippen LogP contribution in [0.4, 0.5) is 24.0 Å². The number of halogens is 3. The highest BCUT2D eigenvalue weighted by Gasteiger charge is 2.31. The van der Waals surface area contributed by atoms with Crippen molar-refractivity contribution in [2.75, 3.05) is 22.9 Å². The number of alkyl halides is 3. The van der Waals surface area contributed by atoms with Crippen LogP contribution in [0.25, 0.3) is 5.69 Å². The van der Waals surface area contributed by atoms with E-state index in [2.05, 4.69) is 37.5 Å². The van der Waals surface area contributed by atoms with Crippen molar-refractivity contribution in [1.29, 1.82) is 0 Å². The van der Waals surface area contributed by atoms with E-state index in [0.29, 0.717) is 16.0 Å². The maximum Gasteiger partial charge on any atom is 0.416 e. The van der Waals surface area contributed by atoms with Crippen molar-refractivity contribution in [3.8, 4) is 5.69 Å². The Hall–Kier alpha value is -2.93. The molecule has 8 nitrogen and oxygen atoms in total. The van der Waals surface area contributed by atoms with Crippen LogP contribution in [-0.4, -0.2) is 43.2 Å². The molecular weight excluding hydrogens is 427 g/mol. The van der Waals surface area contributed by atoms with Crippen LogP contribution < -0.4 is 10.6 Å². The minimum atomic E-state index is -4.55. The van der Waals surface area contributed by atoms with Gasteiger partial charge in [-0.3, -0.25) is 4.79 Å². The molecule has 1 amide bonds. The molecule has 0 aliphatic heterocycles. The number of nitrogens with zero attached hydrogens (tertiary/aromatic N) is 5. The first-order chi connectivity index (χ1) is 13.9. The molecule has 0 radical (unpaired) electrons. The molecule has 1 aromatic carbocycles. The number of aromatic nitrogens is 5. The fourth-order valence-electron chi connectivity index (χ4n) is 2.16. The fraction of sp³-hybridized carbons (Fsp3) is 0.188. The van der Waals surface area contributed by atoms with Gasteiger partial charge < -0.3 is 10.6 Å². The third kappa shape index (κ3) is 5.54. The van der Waals surface area contributed by atoms with E-state index in [1.54, 1.807) is 6.08 Å². The van der Waals surface area contributed by atoms with Gasteiger partial charge in [0.2, 0.25) is 11.0 Å². The van der Waals surface area contributed by atoms with Gasteiger partial charge in [-0.1, -0.05) is 29.2 Å². The van der Waals surface area contributed by atoms with Crippen molar-refractivity contribution in [2.45, 2.75) is 10.5 Å². The minimum Gasteiger partial charge on any atom is -0.357 e. The van der Waals surface area contributed by atoms with Gasteiger partial charge in [0.1, 0.15) is 12.7 Å². The maximum absolute atomic E-state index is 13.1. The van der Waals surface area contributed by atoms with E-state index in [9.17, 15) is 18.0 Å². The molecular formula is C16H14F3N7OS2. The SMILES string of the molecule is C=CCNc1nnc(SCC(=O)Nc2cc(C(F)(F)F)ccc2-n2cncn2)s1. The van der Waals surface area contributed by atoms with E-state index in [4.69, 9.17) is 0 Å². The van der Waals surface area contributed by atoms with Crippen LogP contribution in [0.2, 0.25) is 0 Å². The van der Waals surface area contributed by atoms with E-state index < -0.39 is 17.6 Å². The van der Waals surface area contributed by atoms with E-state index in [-0.39, 0.29) is 17.1 Å². The van der Waals surface area contributed by atoms with Gasteiger partial charge >= 0.3 is 6.18 Å². The molecule has 0 spiro atoms. The van der Waals surface area contributed by atoms with Crippen molar-refractivity contribution < 1.29 is 18.0 Å². The van der Waals surface area contributed by atoms with Gasteiger partial charge in [0.05, 0.1) is 22.7 Å². The van der Waals surface area contributed by atoms with Gasteiger partial charge in [-0.05, 0) is 18.2 Å². The monoisotopic (exact) mass is 441 g/mol. The summed E-state index contributed by atoms with van der Waals surface area (Å²) in [5.41, 5.74) is -0.645. The molecule has 0 bridgehead atoms. The highest BCUT2D eigenvalue weighted by molar-refractivity contribution is 8.01. The number of nitrogens with one attached hydrogen (secondary N) is 2. The lowest BCUT2D eigenvalue weighted by molar-refractivity contribution is -0.137. The Morgan fingerprint density at radius 3 is 2.86 bits per heavy atom. The number of rotatable bonds is 8. The summed E-state index contributed by atoms with van der Waals surface area (Å²) in [5.74, 6) is -0.546. The lowest BCUT2D eigenvalue weighted by Gasteiger charge is -2.14. The standard InChI is InChI=1S/C16H14F3N7OS2/c1-2-5-21-14-24-25-15(29-14)28-7-13(27)23-11-6-10(16(17,18)19)3-4-12(11)26-9-20-8-22-26/h2-4,6,8-9H,1,5,7H2,(H,21,24)(H,23,27). The molecule has 0 atom stereocenters. The van der Waals surface area contributed by atoms with Gasteiger partial charge in [-0.25, -0.2) is 9.67 Å². The Balaban J connectivity index is 1.71. The smallest absolute Gasteiger partial charge is 0.357 e. The average Bonchev–Trinajstić information content (AvgIpc) is 3.36. The zero-order chi connectivity index (χ0) is 20.9. The molecule has 29 heavy (non-hydrogen) atoms. The van der Waals surface area contributed by atoms with Crippen LogP contribution in [0.15, 0.2) is 47.8 Å². The summed E-state index contributed by atoms with van der Waals surface area (Å²) in [6, 6.07) is 3.00. The predicted octanol–water partition coefficient (Wildman–Crippen LogP) is 3.47. The Kier molecular flexibility index (Phi) is 6.49. The highest BCUT2D eigenvalue weighted by atomic mass is 32.2. The fourth-order valence-corrected chi connectivity index (χ4v) is 3.72. The summed E-state index contributed by atoms with van der Waals surface area (Å²) < 4.78 is 41.0. The molecule has 0 aliphatic rings. The largest absolute Gasteiger partial charge is 0.416 e. The summed E-state index contributed by atoms with van der Waals surface area (Å²) in [5, 5.41) is 17.8. The van der Waals surface area contributed by atoms with Gasteiger partial charge in [0.15, 0.2) is 4.34 Å². The van der Waals surface area contributed by atoms with E-state index in [1.165, 1.54) is 34.7 Å². The molecule has 2 N–H and O–H groups in total. The zero-order valence-electron chi connectivity index (χ0n) is 14.7. The van der Waals surface area contributed by atoms with E-state index in [1.807, 2.05) is 0 Å². The number of carbonyl (C=O) groups excluding carboxylic acids is 1. The first-order valence-corrected chi connectivity index (χ1v) is 9.84. The first-order valence-electron chi connectivity index (χ1n) is 8.04. The van der Waals surface area contributed by atoms with Crippen LogP contribution in [0.1, 0.15) is 5.56 Å². The second-order valence-electron chi connectivity index (χ2n) is 5.45. The molecule has 2 aromatic heterocycles. The van der Waals surface area contributed by atoms with Gasteiger partial charge in [0.25, 0.3) is 0 Å². The lowest BCUT2D eigenvalue weighted by Crippen LogP contribution is -2.17. The van der Waals surface area contributed by atoms with Crippen molar-refractivity contribution >= 4 is 39.8 Å². The van der Waals surface area contributed by atoms with Crippen LogP contribution in [0.3, 0.4) is 0 Å². The Bertz CT molecular complexity index is 989. The quantitative estimate of drug-likeness (QED) is 0.408. The van der Waals surface area contributed by atoms with E-state index in [0.717, 1.165) is 23.9 Å². The number of thioether (sulfide) groups is 1. The molecule has 0 fully saturated rings. The maximum atomic E-state index is 13.1. The van der Waals surface area contributed by atoms with Crippen LogP contribution in [0.5, 0.6) is 0 Å². The molecule has 152 valence electrons. The molecule has 0 aliphatic carbocycles. The molecule has 13 heteroatoms. The van der Waals surface area contributed by atoms with Crippen LogP contribution >= 0.6 is 23.1 Å². The minimum absolute atomic E-state index is 0.0264. The van der Waals surface area contributed by atoms with Gasteiger partial charge in [-0.15, -0.1) is 16.8 Å². The molecule has 0 saturated heterocycles. The number of hydrogen-bond acceptors (Lipinski definition) is 8. The zero-order valence-corrected chi connectivity index (χ0v) is 16.3. The predicted molar refractivity (Wildman–Crippen MR) is 104 cm³/mol. The third-order valence-electron chi connectivity index (χ3n) is 3.39. The van der Waals surface area contributed by atoms with Crippen molar-refractivity contribution in [2.24, 2.45) is 0 Å². The summed E-state index contributed by atoms with van der Waals surface area (Å²) >= 11 is 2.38. The number of carbonyl (C=O) groups is 1. The molecule has 0 unspecified atom stereocenters. The Morgan fingerprint density at radius 2 is 2.17 bits per heavy atom. The number of benzene rings is 1. The molecule has 0 saturated carbocycles. The summed E-state index contributed by atoms with van der Waals surface area (Å²) in [6.07, 6.45) is -0.307. The number of hydrogen-bond donors (Lipinski definition) is 2. The second kappa shape index (κ2) is 9.05. The normalized spacial score (nSPS) is 11.3. The van der Waals surface area contributed by atoms with Crippen molar-refractivity contribution in [3.05, 3.63) is 49.1 Å². The first kappa shape index (κ1) is 20.8. The summed E-state index contributed by atoms with van der Waals surface area (Å²) in [4.78, 5) is 16.1. The molecule has 3 aromatic rings. The average molecular weight is 441 g/mol. The summed E-state index contributed by atoms with van der Waals surface area (Å²) in [6.45, 7) is 4.11. The van der Waals surface area contributed by atoms with Gasteiger partial charge in [0, 0.05) is 6.54 Å². The third-order valence-corrected chi connectivity index (χ3v) is 5.41. The Morgan fingerprint density at radius 1 is 1.34 bits per heavy atom. The molecule has 2 heterocycles. The topological polar surface area (TPSA) is 97.6 Å². The van der Waals surface area contributed by atoms with Crippen LogP contribution in [0, 0.1) is 0 Å². The van der Waals surface area contributed by atoms with E-state index >= 15 is 0 Å². The van der Waals surface area contributed by atoms with Crippen molar-refractivity contribution in [1.82, 2.24) is 25.0 Å². The van der Waals surface area contributed by atoms with Gasteiger partial charge in [-0.2, -0.15) is 18.3 Å². The van der Waals surface area contributed by atoms with Crippen LogP contribution in [-0.2, 0) is 11.0 Å². The molecule has 3 rings (SSSR count). The summed E-state index contributed by atoms with van der Waals surface area (Å²) in [7, 11) is 0. The number of anilines is 2. The van der Waals surface area contributed by atoms with Crippen molar-refractivity contribution in [3.63, 3.8) is 0 Å². The Labute approximate surface area is 171 Å². The lowest BCUT2D eigenvalue weighted by atomic mass is 10.1. The second-order valence-corrected chi connectivity index (χ2v) is 7.65. The highest BCUT2D eigenvalue weighted by Crippen LogP contribution is 2.33.